The Balaban J connectivity index is 2.16. The SMILES string of the molecule is Cc1cc(C(=O)NC2CCCC2Br)c(F)cc1F. The molecule has 1 saturated carbocycles. The monoisotopic (exact) mass is 317 g/mol. The van der Waals surface area contributed by atoms with Gasteiger partial charge in [0.15, 0.2) is 0 Å². The molecule has 1 aliphatic carbocycles. The van der Waals surface area contributed by atoms with Crippen molar-refractivity contribution in [1.29, 1.82) is 0 Å². The van der Waals surface area contributed by atoms with E-state index in [1.807, 2.05) is 0 Å². The molecule has 98 valence electrons. The van der Waals surface area contributed by atoms with Crippen LogP contribution in [0.1, 0.15) is 35.2 Å². The Morgan fingerprint density at radius 1 is 1.33 bits per heavy atom. The zero-order chi connectivity index (χ0) is 13.3. The second kappa shape index (κ2) is 5.34. The quantitative estimate of drug-likeness (QED) is 0.833. The van der Waals surface area contributed by atoms with Gasteiger partial charge in [-0.15, -0.1) is 0 Å². The average Bonchev–Trinajstić information content (AvgIpc) is 2.69. The first kappa shape index (κ1) is 13.5. The third-order valence-corrected chi connectivity index (χ3v) is 4.34. The van der Waals surface area contributed by atoms with Gasteiger partial charge in [0.25, 0.3) is 5.91 Å². The van der Waals surface area contributed by atoms with Gasteiger partial charge < -0.3 is 5.32 Å². The lowest BCUT2D eigenvalue weighted by Gasteiger charge is -2.16. The lowest BCUT2D eigenvalue weighted by Crippen LogP contribution is -2.38. The van der Waals surface area contributed by atoms with Gasteiger partial charge in [0, 0.05) is 16.9 Å². The number of alkyl halides is 1. The third kappa shape index (κ3) is 2.71. The van der Waals surface area contributed by atoms with Crippen LogP contribution >= 0.6 is 15.9 Å². The number of aryl methyl sites for hydroxylation is 1. The number of carbonyl (C=O) groups excluding carboxylic acids is 1. The molecule has 2 rings (SSSR count). The van der Waals surface area contributed by atoms with Crippen LogP contribution in [0.5, 0.6) is 0 Å². The Kier molecular flexibility index (Phi) is 4.00. The van der Waals surface area contributed by atoms with Crippen molar-refractivity contribution < 1.29 is 13.6 Å². The summed E-state index contributed by atoms with van der Waals surface area (Å²) in [5.74, 6) is -1.94. The topological polar surface area (TPSA) is 29.1 Å². The fraction of sp³-hybridized carbons (Fsp3) is 0.462. The lowest BCUT2D eigenvalue weighted by molar-refractivity contribution is 0.0934. The summed E-state index contributed by atoms with van der Waals surface area (Å²) in [6.07, 6.45) is 2.91. The molecule has 2 nitrogen and oxygen atoms in total. The van der Waals surface area contributed by atoms with Crippen molar-refractivity contribution in [3.63, 3.8) is 0 Å². The van der Waals surface area contributed by atoms with Crippen LogP contribution in [0.25, 0.3) is 0 Å². The Morgan fingerprint density at radius 2 is 2.06 bits per heavy atom. The van der Waals surface area contributed by atoms with Crippen molar-refractivity contribution in [3.05, 3.63) is 34.9 Å². The molecule has 0 heterocycles. The van der Waals surface area contributed by atoms with Crippen molar-refractivity contribution in [2.75, 3.05) is 0 Å². The number of hydrogen-bond donors (Lipinski definition) is 1. The van der Waals surface area contributed by atoms with Gasteiger partial charge in [0.05, 0.1) is 5.56 Å². The summed E-state index contributed by atoms with van der Waals surface area (Å²) in [5.41, 5.74) is 0.170. The number of nitrogens with one attached hydrogen (secondary N) is 1. The number of carbonyl (C=O) groups is 1. The largest absolute Gasteiger partial charge is 0.348 e. The standard InChI is InChI=1S/C13H14BrF2NO/c1-7-5-8(11(16)6-10(7)15)13(18)17-12-4-2-3-9(12)14/h5-6,9,12H,2-4H2,1H3,(H,17,18). The molecule has 1 aromatic carbocycles. The van der Waals surface area contributed by atoms with E-state index in [1.165, 1.54) is 13.0 Å². The summed E-state index contributed by atoms with van der Waals surface area (Å²) in [4.78, 5) is 12.2. The van der Waals surface area contributed by atoms with Gasteiger partial charge in [-0.3, -0.25) is 4.79 Å². The summed E-state index contributed by atoms with van der Waals surface area (Å²) in [5, 5.41) is 2.78. The number of amides is 1. The molecule has 0 aromatic heterocycles. The Bertz CT molecular complexity index is 478. The molecule has 1 amide bonds. The maximum Gasteiger partial charge on any atom is 0.254 e. The molecule has 2 atom stereocenters. The zero-order valence-electron chi connectivity index (χ0n) is 9.97. The molecule has 1 aliphatic rings. The molecule has 1 N–H and O–H groups in total. The molecule has 0 aliphatic heterocycles. The minimum absolute atomic E-state index is 0.0160. The molecule has 0 radical (unpaired) electrons. The molecule has 0 spiro atoms. The van der Waals surface area contributed by atoms with Crippen molar-refractivity contribution in [1.82, 2.24) is 5.32 Å². The zero-order valence-corrected chi connectivity index (χ0v) is 11.6. The van der Waals surface area contributed by atoms with Crippen LogP contribution in [0.2, 0.25) is 0 Å². The third-order valence-electron chi connectivity index (χ3n) is 3.24. The van der Waals surface area contributed by atoms with Crippen molar-refractivity contribution in [2.45, 2.75) is 37.1 Å². The van der Waals surface area contributed by atoms with E-state index in [4.69, 9.17) is 0 Å². The summed E-state index contributed by atoms with van der Waals surface area (Å²) < 4.78 is 26.7. The van der Waals surface area contributed by atoms with E-state index in [0.29, 0.717) is 0 Å². The number of benzene rings is 1. The summed E-state index contributed by atoms with van der Waals surface area (Å²) in [6, 6.07) is 2.02. The normalized spacial score (nSPS) is 23.1. The van der Waals surface area contributed by atoms with Crippen LogP contribution in [-0.4, -0.2) is 16.8 Å². The predicted octanol–water partition coefficient (Wildman–Crippen LogP) is 3.32. The smallest absolute Gasteiger partial charge is 0.254 e. The van der Waals surface area contributed by atoms with Gasteiger partial charge in [0.1, 0.15) is 11.6 Å². The minimum Gasteiger partial charge on any atom is -0.348 e. The highest BCUT2D eigenvalue weighted by Crippen LogP contribution is 2.26. The minimum atomic E-state index is -0.820. The van der Waals surface area contributed by atoms with Crippen molar-refractivity contribution >= 4 is 21.8 Å². The summed E-state index contributed by atoms with van der Waals surface area (Å²) >= 11 is 3.48. The maximum absolute atomic E-state index is 13.5. The molecular formula is C13H14BrF2NO. The Morgan fingerprint density at radius 3 is 2.67 bits per heavy atom. The first-order chi connectivity index (χ1) is 8.49. The average molecular weight is 318 g/mol. The van der Waals surface area contributed by atoms with Gasteiger partial charge in [-0.1, -0.05) is 22.4 Å². The van der Waals surface area contributed by atoms with E-state index in [0.717, 1.165) is 25.3 Å². The fourth-order valence-electron chi connectivity index (χ4n) is 2.15. The van der Waals surface area contributed by atoms with E-state index >= 15 is 0 Å². The summed E-state index contributed by atoms with van der Waals surface area (Å²) in [6.45, 7) is 1.51. The van der Waals surface area contributed by atoms with Crippen LogP contribution in [0.15, 0.2) is 12.1 Å². The van der Waals surface area contributed by atoms with Gasteiger partial charge in [-0.2, -0.15) is 0 Å². The van der Waals surface area contributed by atoms with E-state index in [9.17, 15) is 13.6 Å². The van der Waals surface area contributed by atoms with Crippen LogP contribution in [0.3, 0.4) is 0 Å². The number of halogens is 3. The van der Waals surface area contributed by atoms with Gasteiger partial charge in [0.2, 0.25) is 0 Å². The molecular weight excluding hydrogens is 304 g/mol. The molecule has 1 fully saturated rings. The first-order valence-corrected chi connectivity index (χ1v) is 6.81. The first-order valence-electron chi connectivity index (χ1n) is 5.89. The maximum atomic E-state index is 13.5. The van der Waals surface area contributed by atoms with E-state index in [-0.39, 0.29) is 22.0 Å². The van der Waals surface area contributed by atoms with Crippen LogP contribution < -0.4 is 5.32 Å². The van der Waals surface area contributed by atoms with Crippen LogP contribution in [0.4, 0.5) is 8.78 Å². The van der Waals surface area contributed by atoms with Crippen LogP contribution in [-0.2, 0) is 0 Å². The number of hydrogen-bond acceptors (Lipinski definition) is 1. The molecule has 18 heavy (non-hydrogen) atoms. The molecule has 0 saturated heterocycles. The second-order valence-electron chi connectivity index (χ2n) is 4.61. The van der Waals surface area contributed by atoms with Crippen LogP contribution in [0, 0.1) is 18.6 Å². The van der Waals surface area contributed by atoms with Gasteiger partial charge in [-0.05, 0) is 31.4 Å². The van der Waals surface area contributed by atoms with E-state index in [1.54, 1.807) is 0 Å². The van der Waals surface area contributed by atoms with E-state index in [2.05, 4.69) is 21.2 Å². The highest BCUT2D eigenvalue weighted by molar-refractivity contribution is 9.09. The number of rotatable bonds is 2. The molecule has 0 bridgehead atoms. The second-order valence-corrected chi connectivity index (χ2v) is 5.78. The molecule has 5 heteroatoms. The molecule has 1 aromatic rings. The predicted molar refractivity (Wildman–Crippen MR) is 68.9 cm³/mol. The highest BCUT2D eigenvalue weighted by atomic mass is 79.9. The van der Waals surface area contributed by atoms with E-state index < -0.39 is 17.5 Å². The van der Waals surface area contributed by atoms with Crippen molar-refractivity contribution in [2.24, 2.45) is 0 Å². The van der Waals surface area contributed by atoms with Crippen molar-refractivity contribution in [3.8, 4) is 0 Å². The Labute approximate surface area is 113 Å². The summed E-state index contributed by atoms with van der Waals surface area (Å²) in [7, 11) is 0. The fourth-order valence-corrected chi connectivity index (χ4v) is 2.88. The lowest BCUT2D eigenvalue weighted by atomic mass is 10.1. The van der Waals surface area contributed by atoms with Gasteiger partial charge in [-0.25, -0.2) is 8.78 Å². The highest BCUT2D eigenvalue weighted by Gasteiger charge is 2.27. The van der Waals surface area contributed by atoms with Gasteiger partial charge >= 0.3 is 0 Å². The molecule has 2 unspecified atom stereocenters. The Hall–Kier alpha value is -0.970.